The molecule has 0 fully saturated rings. The van der Waals surface area contributed by atoms with Crippen LogP contribution in [0.4, 0.5) is 5.69 Å². The number of amides is 2. The van der Waals surface area contributed by atoms with Crippen molar-refractivity contribution >= 4 is 17.5 Å². The Morgan fingerprint density at radius 1 is 0.966 bits per heavy atom. The van der Waals surface area contributed by atoms with E-state index in [1.54, 1.807) is 19.2 Å². The van der Waals surface area contributed by atoms with Gasteiger partial charge in [-0.3, -0.25) is 9.59 Å². The van der Waals surface area contributed by atoms with Gasteiger partial charge < -0.3 is 24.4 Å². The van der Waals surface area contributed by atoms with Crippen molar-refractivity contribution in [2.45, 2.75) is 20.3 Å². The molecule has 7 heteroatoms. The second kappa shape index (κ2) is 9.82. The Kier molecular flexibility index (Phi) is 7.47. The van der Waals surface area contributed by atoms with Crippen molar-refractivity contribution in [2.75, 3.05) is 40.2 Å². The van der Waals surface area contributed by atoms with E-state index in [4.69, 9.17) is 14.2 Å². The van der Waals surface area contributed by atoms with Crippen LogP contribution in [0.1, 0.15) is 16.7 Å². The van der Waals surface area contributed by atoms with Crippen LogP contribution in [-0.4, -0.2) is 51.6 Å². The van der Waals surface area contributed by atoms with Gasteiger partial charge in [0.2, 0.25) is 17.6 Å². The summed E-state index contributed by atoms with van der Waals surface area (Å²) in [5.41, 5.74) is 3.43. The predicted octanol–water partition coefficient (Wildman–Crippen LogP) is 2.97. The molecule has 0 aliphatic carbocycles. The van der Waals surface area contributed by atoms with Crippen molar-refractivity contribution < 1.29 is 23.8 Å². The summed E-state index contributed by atoms with van der Waals surface area (Å²) in [6.07, 6.45) is 0.101. The summed E-state index contributed by atoms with van der Waals surface area (Å²) in [6.45, 7) is 3.82. The number of hydrogen-bond acceptors (Lipinski definition) is 5. The topological polar surface area (TPSA) is 77.1 Å². The first-order valence-electron chi connectivity index (χ1n) is 9.19. The number of carbonyl (C=O) groups is 2. The van der Waals surface area contributed by atoms with E-state index in [2.05, 4.69) is 5.32 Å². The first-order chi connectivity index (χ1) is 13.8. The number of rotatable bonds is 8. The maximum atomic E-state index is 12.6. The SMILES string of the molecule is COc1cc(CC(=O)N(C)CC(=O)Nc2c(C)cccc2C)cc(OC)c1OC. The molecule has 0 unspecified atom stereocenters. The van der Waals surface area contributed by atoms with E-state index in [1.807, 2.05) is 32.0 Å². The van der Waals surface area contributed by atoms with Gasteiger partial charge in [-0.05, 0) is 42.7 Å². The third kappa shape index (κ3) is 5.40. The van der Waals surface area contributed by atoms with Crippen LogP contribution in [0, 0.1) is 13.8 Å². The minimum Gasteiger partial charge on any atom is -0.493 e. The largest absolute Gasteiger partial charge is 0.493 e. The number of nitrogens with one attached hydrogen (secondary N) is 1. The molecular formula is C22H28N2O5. The molecule has 0 spiro atoms. The first-order valence-corrected chi connectivity index (χ1v) is 9.19. The second-order valence-corrected chi connectivity index (χ2v) is 6.78. The number of aryl methyl sites for hydroxylation is 2. The van der Waals surface area contributed by atoms with E-state index in [-0.39, 0.29) is 24.8 Å². The smallest absolute Gasteiger partial charge is 0.243 e. The number of hydrogen-bond donors (Lipinski definition) is 1. The van der Waals surface area contributed by atoms with E-state index < -0.39 is 0 Å². The highest BCUT2D eigenvalue weighted by molar-refractivity contribution is 5.95. The Bertz CT molecular complexity index is 850. The van der Waals surface area contributed by atoms with E-state index in [0.717, 1.165) is 16.8 Å². The molecule has 0 saturated heterocycles. The standard InChI is InChI=1S/C22H28N2O5/c1-14-8-7-9-15(2)21(14)23-19(25)13-24(3)20(26)12-16-10-17(27-4)22(29-6)18(11-16)28-5/h7-11H,12-13H2,1-6H3,(H,23,25). The highest BCUT2D eigenvalue weighted by atomic mass is 16.5. The maximum Gasteiger partial charge on any atom is 0.243 e. The molecule has 0 atom stereocenters. The maximum absolute atomic E-state index is 12.6. The zero-order valence-corrected chi connectivity index (χ0v) is 17.8. The molecule has 0 aliphatic heterocycles. The van der Waals surface area contributed by atoms with Crippen LogP contribution in [0.25, 0.3) is 0 Å². The lowest BCUT2D eigenvalue weighted by molar-refractivity contribution is -0.132. The average Bonchev–Trinajstić information content (AvgIpc) is 2.69. The molecule has 1 N–H and O–H groups in total. The molecular weight excluding hydrogens is 372 g/mol. The Balaban J connectivity index is 2.06. The molecule has 2 aromatic carbocycles. The molecule has 2 aromatic rings. The number of benzene rings is 2. The van der Waals surface area contributed by atoms with E-state index >= 15 is 0 Å². The van der Waals surface area contributed by atoms with Gasteiger partial charge in [0, 0.05) is 12.7 Å². The fourth-order valence-corrected chi connectivity index (χ4v) is 3.04. The highest BCUT2D eigenvalue weighted by Crippen LogP contribution is 2.38. The van der Waals surface area contributed by atoms with Gasteiger partial charge in [0.05, 0.1) is 34.3 Å². The van der Waals surface area contributed by atoms with Crippen molar-refractivity contribution in [1.29, 1.82) is 0 Å². The van der Waals surface area contributed by atoms with Gasteiger partial charge >= 0.3 is 0 Å². The van der Waals surface area contributed by atoms with Gasteiger partial charge in [-0.15, -0.1) is 0 Å². The zero-order valence-electron chi connectivity index (χ0n) is 17.8. The zero-order chi connectivity index (χ0) is 21.6. The van der Waals surface area contributed by atoms with E-state index in [9.17, 15) is 9.59 Å². The van der Waals surface area contributed by atoms with Gasteiger partial charge in [0.25, 0.3) is 0 Å². The Labute approximate surface area is 171 Å². The Hall–Kier alpha value is -3.22. The number of ether oxygens (including phenoxy) is 3. The fraction of sp³-hybridized carbons (Fsp3) is 0.364. The number of methoxy groups -OCH3 is 3. The van der Waals surface area contributed by atoms with E-state index in [0.29, 0.717) is 22.8 Å². The molecule has 0 aromatic heterocycles. The molecule has 0 heterocycles. The lowest BCUT2D eigenvalue weighted by atomic mass is 10.1. The van der Waals surface area contributed by atoms with Crippen LogP contribution in [-0.2, 0) is 16.0 Å². The first kappa shape index (κ1) is 22.1. The summed E-state index contributed by atoms with van der Waals surface area (Å²) in [7, 11) is 6.16. The summed E-state index contributed by atoms with van der Waals surface area (Å²) >= 11 is 0. The molecule has 0 aliphatic rings. The average molecular weight is 400 g/mol. The van der Waals surface area contributed by atoms with Crippen molar-refractivity contribution in [3.8, 4) is 17.2 Å². The summed E-state index contributed by atoms with van der Waals surface area (Å²) in [4.78, 5) is 26.4. The summed E-state index contributed by atoms with van der Waals surface area (Å²) in [5, 5.41) is 2.89. The van der Waals surface area contributed by atoms with Gasteiger partial charge in [-0.25, -0.2) is 0 Å². The van der Waals surface area contributed by atoms with Crippen LogP contribution in [0.2, 0.25) is 0 Å². The molecule has 156 valence electrons. The van der Waals surface area contributed by atoms with Gasteiger partial charge in [-0.1, -0.05) is 18.2 Å². The number of likely N-dealkylation sites (N-methyl/N-ethyl adjacent to an activating group) is 1. The van der Waals surface area contributed by atoms with Gasteiger partial charge in [0.1, 0.15) is 0 Å². The monoisotopic (exact) mass is 400 g/mol. The minimum absolute atomic E-state index is 0.0446. The third-order valence-corrected chi connectivity index (χ3v) is 4.63. The number of anilines is 1. The Morgan fingerprint density at radius 2 is 1.52 bits per heavy atom. The van der Waals surface area contributed by atoms with Crippen LogP contribution in [0.3, 0.4) is 0 Å². The molecule has 2 amide bonds. The van der Waals surface area contributed by atoms with Gasteiger partial charge in [0.15, 0.2) is 11.5 Å². The summed E-state index contributed by atoms with van der Waals surface area (Å²) < 4.78 is 15.9. The lowest BCUT2D eigenvalue weighted by Crippen LogP contribution is -2.36. The molecule has 7 nitrogen and oxygen atoms in total. The summed E-state index contributed by atoms with van der Waals surface area (Å²) in [5.74, 6) is 0.974. The Morgan fingerprint density at radius 3 is 2.00 bits per heavy atom. The summed E-state index contributed by atoms with van der Waals surface area (Å²) in [6, 6.07) is 9.25. The third-order valence-electron chi connectivity index (χ3n) is 4.63. The fourth-order valence-electron chi connectivity index (χ4n) is 3.04. The lowest BCUT2D eigenvalue weighted by Gasteiger charge is -2.19. The van der Waals surface area contributed by atoms with Crippen molar-refractivity contribution in [2.24, 2.45) is 0 Å². The molecule has 2 rings (SSSR count). The molecule has 0 saturated carbocycles. The predicted molar refractivity (Wildman–Crippen MR) is 112 cm³/mol. The number of nitrogens with zero attached hydrogens (tertiary/aromatic N) is 1. The van der Waals surface area contributed by atoms with Crippen LogP contribution >= 0.6 is 0 Å². The quantitative estimate of drug-likeness (QED) is 0.737. The number of carbonyl (C=O) groups excluding carboxylic acids is 2. The molecule has 29 heavy (non-hydrogen) atoms. The molecule has 0 bridgehead atoms. The van der Waals surface area contributed by atoms with Crippen LogP contribution in [0.5, 0.6) is 17.2 Å². The van der Waals surface area contributed by atoms with Crippen molar-refractivity contribution in [3.05, 3.63) is 47.0 Å². The number of para-hydroxylation sites is 1. The minimum atomic E-state index is -0.247. The van der Waals surface area contributed by atoms with Crippen molar-refractivity contribution in [1.82, 2.24) is 4.90 Å². The van der Waals surface area contributed by atoms with Crippen molar-refractivity contribution in [3.63, 3.8) is 0 Å². The van der Waals surface area contributed by atoms with Crippen LogP contribution < -0.4 is 19.5 Å². The molecule has 0 radical (unpaired) electrons. The highest BCUT2D eigenvalue weighted by Gasteiger charge is 2.18. The van der Waals surface area contributed by atoms with Crippen LogP contribution in [0.15, 0.2) is 30.3 Å². The van der Waals surface area contributed by atoms with E-state index in [1.165, 1.54) is 26.2 Å². The van der Waals surface area contributed by atoms with Gasteiger partial charge in [-0.2, -0.15) is 0 Å². The second-order valence-electron chi connectivity index (χ2n) is 6.78. The normalized spacial score (nSPS) is 10.3.